The number of aromatic nitrogens is 2. The van der Waals surface area contributed by atoms with Crippen molar-refractivity contribution in [2.75, 3.05) is 17.9 Å². The van der Waals surface area contributed by atoms with Crippen LogP contribution >= 0.6 is 0 Å². The van der Waals surface area contributed by atoms with Gasteiger partial charge in [-0.3, -0.25) is 10.1 Å². The highest BCUT2D eigenvalue weighted by Gasteiger charge is 2.22. The van der Waals surface area contributed by atoms with E-state index in [2.05, 4.69) is 20.7 Å². The second-order valence-electron chi connectivity index (χ2n) is 4.08. The van der Waals surface area contributed by atoms with Gasteiger partial charge in [0.25, 0.3) is 0 Å². The van der Waals surface area contributed by atoms with Crippen molar-refractivity contribution in [2.45, 2.75) is 6.61 Å². The van der Waals surface area contributed by atoms with Crippen LogP contribution in [0.1, 0.15) is 5.56 Å². The third-order valence-corrected chi connectivity index (χ3v) is 2.64. The van der Waals surface area contributed by atoms with Crippen molar-refractivity contribution in [1.29, 1.82) is 0 Å². The Morgan fingerprint density at radius 2 is 2.14 bits per heavy atom. The van der Waals surface area contributed by atoms with Crippen molar-refractivity contribution in [3.8, 4) is 0 Å². The Bertz CT molecular complexity index is 649. The third-order valence-electron chi connectivity index (χ3n) is 2.64. The molecule has 0 fully saturated rings. The molecule has 0 aliphatic carbocycles. The van der Waals surface area contributed by atoms with Crippen molar-refractivity contribution in [2.24, 2.45) is 5.84 Å². The molecule has 2 aromatic rings. The molecular weight excluding hydrogens is 276 g/mol. The number of nitrogens with one attached hydrogen (secondary N) is 2. The standard InChI is InChI=1S/C12H14N6O3/c1-21-6-8-3-2-4-9(5-8)16-11-10(18(19)20)12(17-13)15-7-14-11/h2-5,7H,6,13H2,1H3,(H2,14,15,16,17). The first-order valence-corrected chi connectivity index (χ1v) is 5.96. The van der Waals surface area contributed by atoms with E-state index in [1.807, 2.05) is 18.2 Å². The number of hydrazine groups is 1. The molecule has 0 aliphatic rings. The van der Waals surface area contributed by atoms with Gasteiger partial charge >= 0.3 is 5.69 Å². The molecule has 0 atom stereocenters. The van der Waals surface area contributed by atoms with E-state index in [1.165, 1.54) is 6.33 Å². The number of methoxy groups -OCH3 is 1. The quantitative estimate of drug-likeness (QED) is 0.415. The van der Waals surface area contributed by atoms with E-state index < -0.39 is 4.92 Å². The molecule has 0 saturated carbocycles. The van der Waals surface area contributed by atoms with Gasteiger partial charge in [-0.2, -0.15) is 0 Å². The van der Waals surface area contributed by atoms with Gasteiger partial charge < -0.3 is 15.5 Å². The fraction of sp³-hybridized carbons (Fsp3) is 0.167. The van der Waals surface area contributed by atoms with Crippen LogP contribution in [-0.2, 0) is 11.3 Å². The minimum atomic E-state index is -0.601. The number of rotatable bonds is 6. The number of hydrogen-bond donors (Lipinski definition) is 3. The molecule has 2 rings (SSSR count). The van der Waals surface area contributed by atoms with E-state index in [4.69, 9.17) is 10.6 Å². The summed E-state index contributed by atoms with van der Waals surface area (Å²) in [5.41, 5.74) is 3.43. The average molecular weight is 290 g/mol. The number of nitrogens with two attached hydrogens (primary N) is 1. The molecule has 0 unspecified atom stereocenters. The van der Waals surface area contributed by atoms with Crippen molar-refractivity contribution in [3.63, 3.8) is 0 Å². The largest absolute Gasteiger partial charge is 0.380 e. The van der Waals surface area contributed by atoms with Crippen LogP contribution in [0.4, 0.5) is 23.0 Å². The molecule has 1 aromatic heterocycles. The average Bonchev–Trinajstić information content (AvgIpc) is 2.47. The van der Waals surface area contributed by atoms with Crippen LogP contribution in [0.25, 0.3) is 0 Å². The van der Waals surface area contributed by atoms with Gasteiger partial charge in [-0.25, -0.2) is 15.8 Å². The Labute approximate surface area is 120 Å². The lowest BCUT2D eigenvalue weighted by Crippen LogP contribution is -2.12. The maximum Gasteiger partial charge on any atom is 0.354 e. The zero-order valence-corrected chi connectivity index (χ0v) is 11.2. The van der Waals surface area contributed by atoms with Crippen LogP contribution in [0.15, 0.2) is 30.6 Å². The van der Waals surface area contributed by atoms with E-state index in [1.54, 1.807) is 13.2 Å². The van der Waals surface area contributed by atoms with Crippen LogP contribution in [0, 0.1) is 10.1 Å². The zero-order valence-electron chi connectivity index (χ0n) is 11.2. The molecule has 9 nitrogen and oxygen atoms in total. The van der Waals surface area contributed by atoms with Crippen molar-refractivity contribution < 1.29 is 9.66 Å². The smallest absolute Gasteiger partial charge is 0.354 e. The van der Waals surface area contributed by atoms with E-state index in [-0.39, 0.29) is 17.3 Å². The van der Waals surface area contributed by atoms with Gasteiger partial charge in [0, 0.05) is 12.8 Å². The topological polar surface area (TPSA) is 128 Å². The minimum Gasteiger partial charge on any atom is -0.380 e. The fourth-order valence-corrected chi connectivity index (χ4v) is 1.79. The molecule has 0 amide bonds. The molecule has 0 saturated heterocycles. The van der Waals surface area contributed by atoms with E-state index in [9.17, 15) is 10.1 Å². The highest BCUT2D eigenvalue weighted by atomic mass is 16.6. The van der Waals surface area contributed by atoms with Gasteiger partial charge in [0.1, 0.15) is 6.33 Å². The third kappa shape index (κ3) is 3.41. The first-order chi connectivity index (χ1) is 10.2. The molecule has 9 heteroatoms. The van der Waals surface area contributed by atoms with Gasteiger partial charge in [-0.1, -0.05) is 12.1 Å². The second-order valence-corrected chi connectivity index (χ2v) is 4.08. The molecule has 0 spiro atoms. The predicted octanol–water partition coefficient (Wildman–Crippen LogP) is 1.56. The van der Waals surface area contributed by atoms with Gasteiger partial charge in [0.2, 0.25) is 11.6 Å². The Kier molecular flexibility index (Phi) is 4.59. The van der Waals surface area contributed by atoms with E-state index in [0.717, 1.165) is 5.56 Å². The highest BCUT2D eigenvalue weighted by molar-refractivity contribution is 5.73. The number of nitrogen functional groups attached to an aromatic ring is 1. The molecule has 110 valence electrons. The molecule has 21 heavy (non-hydrogen) atoms. The molecule has 1 heterocycles. The maximum atomic E-state index is 11.1. The van der Waals surface area contributed by atoms with Gasteiger partial charge in [0.05, 0.1) is 11.5 Å². The summed E-state index contributed by atoms with van der Waals surface area (Å²) in [6, 6.07) is 7.27. The Hall–Kier alpha value is -2.78. The summed E-state index contributed by atoms with van der Waals surface area (Å²) in [6.07, 6.45) is 1.18. The van der Waals surface area contributed by atoms with Crippen LogP contribution in [0.5, 0.6) is 0 Å². The lowest BCUT2D eigenvalue weighted by molar-refractivity contribution is -0.383. The fourth-order valence-electron chi connectivity index (χ4n) is 1.79. The predicted molar refractivity (Wildman–Crippen MR) is 76.9 cm³/mol. The molecular formula is C12H14N6O3. The maximum absolute atomic E-state index is 11.1. The Balaban J connectivity index is 2.35. The number of nitrogens with zero attached hydrogens (tertiary/aromatic N) is 3. The summed E-state index contributed by atoms with van der Waals surface area (Å²) in [5.74, 6) is 5.21. The van der Waals surface area contributed by atoms with Gasteiger partial charge in [-0.05, 0) is 17.7 Å². The molecule has 0 bridgehead atoms. The van der Waals surface area contributed by atoms with Crippen molar-refractivity contribution >= 4 is 23.0 Å². The Morgan fingerprint density at radius 1 is 1.38 bits per heavy atom. The number of anilines is 3. The van der Waals surface area contributed by atoms with E-state index >= 15 is 0 Å². The van der Waals surface area contributed by atoms with Gasteiger partial charge in [0.15, 0.2) is 0 Å². The zero-order chi connectivity index (χ0) is 15.2. The van der Waals surface area contributed by atoms with E-state index in [0.29, 0.717) is 12.3 Å². The number of ether oxygens (including phenoxy) is 1. The summed E-state index contributed by atoms with van der Waals surface area (Å²) in [4.78, 5) is 18.1. The monoisotopic (exact) mass is 290 g/mol. The number of nitro groups is 1. The second kappa shape index (κ2) is 6.59. The minimum absolute atomic E-state index is 0.0533. The van der Waals surface area contributed by atoms with Crippen molar-refractivity contribution in [1.82, 2.24) is 9.97 Å². The summed E-state index contributed by atoms with van der Waals surface area (Å²) >= 11 is 0. The lowest BCUT2D eigenvalue weighted by Gasteiger charge is -2.09. The molecule has 0 radical (unpaired) electrons. The van der Waals surface area contributed by atoms with Crippen molar-refractivity contribution in [3.05, 3.63) is 46.3 Å². The van der Waals surface area contributed by atoms with Gasteiger partial charge in [-0.15, -0.1) is 0 Å². The first kappa shape index (κ1) is 14.6. The van der Waals surface area contributed by atoms with Crippen LogP contribution in [0.2, 0.25) is 0 Å². The summed E-state index contributed by atoms with van der Waals surface area (Å²) in [7, 11) is 1.59. The highest BCUT2D eigenvalue weighted by Crippen LogP contribution is 2.30. The summed E-state index contributed by atoms with van der Waals surface area (Å²) in [6.45, 7) is 0.441. The number of hydrogen-bond acceptors (Lipinski definition) is 8. The van der Waals surface area contributed by atoms with Crippen LogP contribution in [-0.4, -0.2) is 22.0 Å². The molecule has 4 N–H and O–H groups in total. The summed E-state index contributed by atoms with van der Waals surface area (Å²) < 4.78 is 5.04. The lowest BCUT2D eigenvalue weighted by atomic mass is 10.2. The van der Waals surface area contributed by atoms with Crippen LogP contribution in [0.3, 0.4) is 0 Å². The molecule has 0 aliphatic heterocycles. The number of benzene rings is 1. The first-order valence-electron chi connectivity index (χ1n) is 5.96. The SMILES string of the molecule is COCc1cccc(Nc2ncnc(NN)c2[N+](=O)[O-])c1. The molecule has 1 aromatic carbocycles. The van der Waals surface area contributed by atoms with Crippen LogP contribution < -0.4 is 16.6 Å². The normalized spacial score (nSPS) is 10.2. The Morgan fingerprint density at radius 3 is 2.81 bits per heavy atom. The summed E-state index contributed by atoms with van der Waals surface area (Å²) in [5, 5.41) is 14.0.